The Morgan fingerprint density at radius 3 is 2.42 bits per heavy atom. The zero-order chi connectivity index (χ0) is 28.6. The first-order chi connectivity index (χ1) is 19.0. The minimum Gasteiger partial charge on any atom is -0.475 e. The van der Waals surface area contributed by atoms with Crippen LogP contribution in [0.3, 0.4) is 0 Å². The van der Waals surface area contributed by atoms with Gasteiger partial charge >= 0.3 is 12.1 Å². The van der Waals surface area contributed by atoms with Crippen LogP contribution >= 0.6 is 0 Å². The molecule has 2 N–H and O–H groups in total. The van der Waals surface area contributed by atoms with Crippen LogP contribution in [0, 0.1) is 5.92 Å². The number of hydrogen-bond donors (Lipinski definition) is 2. The van der Waals surface area contributed by atoms with Crippen LogP contribution in [-0.4, -0.2) is 41.6 Å². The zero-order valence-corrected chi connectivity index (χ0v) is 22.5. The van der Waals surface area contributed by atoms with Gasteiger partial charge in [-0.3, -0.25) is 4.98 Å². The summed E-state index contributed by atoms with van der Waals surface area (Å²) in [5.41, 5.74) is 2.11. The molecule has 8 nitrogen and oxygen atoms in total. The summed E-state index contributed by atoms with van der Waals surface area (Å²) in [5, 5.41) is 13.2. The largest absolute Gasteiger partial charge is 0.475 e. The van der Waals surface area contributed by atoms with Gasteiger partial charge in [0, 0.05) is 18.8 Å². The van der Waals surface area contributed by atoms with Crippen molar-refractivity contribution in [3.8, 4) is 11.5 Å². The highest BCUT2D eigenvalue weighted by Crippen LogP contribution is 2.35. The van der Waals surface area contributed by atoms with Crippen molar-refractivity contribution in [3.05, 3.63) is 65.1 Å². The van der Waals surface area contributed by atoms with Gasteiger partial charge in [0.1, 0.15) is 11.2 Å². The molecule has 0 unspecified atom stereocenters. The molecule has 1 fully saturated rings. The zero-order valence-electron chi connectivity index (χ0n) is 22.5. The number of carboxylic acid groups (broad SMARTS) is 1. The van der Waals surface area contributed by atoms with Gasteiger partial charge in [0.05, 0.1) is 5.56 Å². The minimum atomic E-state index is -4.44. The van der Waals surface area contributed by atoms with Gasteiger partial charge in [-0.15, -0.1) is 0 Å². The summed E-state index contributed by atoms with van der Waals surface area (Å²) in [6.07, 6.45) is 1.36. The Kier molecular flexibility index (Phi) is 7.48. The molecule has 0 bridgehead atoms. The number of imidazole rings is 1. The molecule has 0 radical (unpaired) electrons. The maximum Gasteiger partial charge on any atom is 0.416 e. The van der Waals surface area contributed by atoms with E-state index in [1.807, 2.05) is 16.7 Å². The van der Waals surface area contributed by atoms with E-state index in [9.17, 15) is 23.1 Å². The lowest BCUT2D eigenvalue weighted by Gasteiger charge is -2.34. The lowest BCUT2D eigenvalue weighted by molar-refractivity contribution is -0.137. The lowest BCUT2D eigenvalue weighted by Crippen LogP contribution is -2.33. The van der Waals surface area contributed by atoms with E-state index in [1.165, 1.54) is 12.1 Å². The fourth-order valence-electron chi connectivity index (χ4n) is 5.06. The van der Waals surface area contributed by atoms with Gasteiger partial charge in [0.25, 0.3) is 0 Å². The average molecular weight is 553 g/mol. The molecular weight excluding hydrogens is 521 g/mol. The molecule has 4 aromatic rings. The number of anilines is 1. The predicted octanol–water partition coefficient (Wildman–Crippen LogP) is 6.77. The molecule has 3 heterocycles. The first kappa shape index (κ1) is 27.5. The summed E-state index contributed by atoms with van der Waals surface area (Å²) in [4.78, 5) is 29.8. The number of benzene rings is 1. The van der Waals surface area contributed by atoms with Crippen molar-refractivity contribution in [1.29, 1.82) is 0 Å². The normalized spacial score (nSPS) is 14.9. The second-order valence-electron chi connectivity index (χ2n) is 10.6. The smallest absolute Gasteiger partial charge is 0.416 e. The number of rotatable bonds is 9. The number of alkyl halides is 3. The van der Waals surface area contributed by atoms with Crippen LogP contribution in [0.4, 0.5) is 19.0 Å². The van der Waals surface area contributed by atoms with Crippen LogP contribution in [0.5, 0.6) is 0 Å². The Balaban J connectivity index is 1.70. The number of aromatic nitrogens is 5. The molecule has 1 aromatic carbocycles. The SMILES string of the molecule is CC[C@@H](Nc1nc(C(=O)O)nc2nc(-c3cc(C(C)C)ccn3)n(Cc3ccc(C(F)(F)F)cc3)c12)C1CCC1. The number of pyridine rings is 1. The van der Waals surface area contributed by atoms with Crippen molar-refractivity contribution in [1.82, 2.24) is 24.5 Å². The fourth-order valence-corrected chi connectivity index (χ4v) is 5.06. The first-order valence-electron chi connectivity index (χ1n) is 13.5. The molecule has 1 aliphatic carbocycles. The molecule has 40 heavy (non-hydrogen) atoms. The van der Waals surface area contributed by atoms with Crippen LogP contribution in [0.1, 0.15) is 79.7 Å². The third kappa shape index (κ3) is 5.50. The van der Waals surface area contributed by atoms with E-state index >= 15 is 0 Å². The van der Waals surface area contributed by atoms with Gasteiger partial charge in [-0.2, -0.15) is 13.2 Å². The van der Waals surface area contributed by atoms with Crippen LogP contribution in [0.15, 0.2) is 42.6 Å². The quantitative estimate of drug-likeness (QED) is 0.236. The first-order valence-corrected chi connectivity index (χ1v) is 13.5. The van der Waals surface area contributed by atoms with E-state index in [0.717, 1.165) is 43.4 Å². The van der Waals surface area contributed by atoms with Gasteiger partial charge < -0.3 is 15.0 Å². The second-order valence-corrected chi connectivity index (χ2v) is 10.6. The molecule has 0 amide bonds. The molecule has 1 saturated carbocycles. The van der Waals surface area contributed by atoms with Crippen molar-refractivity contribution in [3.63, 3.8) is 0 Å². The van der Waals surface area contributed by atoms with Crippen molar-refractivity contribution in [2.75, 3.05) is 5.32 Å². The molecule has 1 aliphatic rings. The Morgan fingerprint density at radius 2 is 1.85 bits per heavy atom. The number of hydrogen-bond acceptors (Lipinski definition) is 6. The fraction of sp³-hybridized carbons (Fsp3) is 0.414. The van der Waals surface area contributed by atoms with E-state index in [1.54, 1.807) is 6.20 Å². The van der Waals surface area contributed by atoms with Gasteiger partial charge in [0.15, 0.2) is 17.3 Å². The molecule has 11 heteroatoms. The Bertz CT molecular complexity index is 1530. The summed E-state index contributed by atoms with van der Waals surface area (Å²) in [7, 11) is 0. The highest BCUT2D eigenvalue weighted by atomic mass is 19.4. The van der Waals surface area contributed by atoms with E-state index in [0.29, 0.717) is 34.3 Å². The van der Waals surface area contributed by atoms with Crippen molar-refractivity contribution < 1.29 is 23.1 Å². The number of aromatic carboxylic acids is 1. The summed E-state index contributed by atoms with van der Waals surface area (Å²) in [5.74, 6) is -0.231. The highest BCUT2D eigenvalue weighted by molar-refractivity contribution is 5.92. The number of fused-ring (bicyclic) bond motifs is 1. The Morgan fingerprint density at radius 1 is 1.12 bits per heavy atom. The third-order valence-electron chi connectivity index (χ3n) is 7.58. The van der Waals surface area contributed by atoms with Crippen LogP contribution < -0.4 is 5.32 Å². The van der Waals surface area contributed by atoms with Crippen LogP contribution in [0.2, 0.25) is 0 Å². The van der Waals surface area contributed by atoms with Crippen molar-refractivity contribution in [2.24, 2.45) is 5.92 Å². The van der Waals surface area contributed by atoms with Crippen molar-refractivity contribution >= 4 is 23.0 Å². The van der Waals surface area contributed by atoms with Gasteiger partial charge in [0.2, 0.25) is 5.82 Å². The van der Waals surface area contributed by atoms with Gasteiger partial charge in [-0.25, -0.2) is 19.7 Å². The Labute approximate surface area is 229 Å². The minimum absolute atomic E-state index is 0.0776. The summed E-state index contributed by atoms with van der Waals surface area (Å²) in [6, 6.07) is 8.86. The van der Waals surface area contributed by atoms with E-state index in [4.69, 9.17) is 4.98 Å². The summed E-state index contributed by atoms with van der Waals surface area (Å²) >= 11 is 0. The lowest BCUT2D eigenvalue weighted by atomic mass is 9.79. The van der Waals surface area contributed by atoms with E-state index < -0.39 is 17.7 Å². The standard InChI is InChI=1S/C29H31F3N6O2/c1-4-21(18-6-5-7-18)34-24-23-25(36-26(35-24)28(39)40)37-27(22-14-19(16(2)3)12-13-33-22)38(23)15-17-8-10-20(11-9-17)29(30,31)32/h8-14,16,18,21H,4-7,15H2,1-3H3,(H,39,40)(H,34,35,36)/t21-/m1/s1. The number of carbonyl (C=O) groups is 1. The molecule has 1 atom stereocenters. The predicted molar refractivity (Wildman–Crippen MR) is 145 cm³/mol. The monoisotopic (exact) mass is 552 g/mol. The number of halogens is 3. The molecule has 5 rings (SSSR count). The van der Waals surface area contributed by atoms with E-state index in [-0.39, 0.29) is 30.0 Å². The second kappa shape index (κ2) is 10.9. The number of carboxylic acids is 1. The van der Waals surface area contributed by atoms with Crippen LogP contribution in [-0.2, 0) is 12.7 Å². The number of nitrogens with one attached hydrogen (secondary N) is 1. The summed E-state index contributed by atoms with van der Waals surface area (Å²) < 4.78 is 41.4. The molecular formula is C29H31F3N6O2. The van der Waals surface area contributed by atoms with Crippen molar-refractivity contribution in [2.45, 2.75) is 71.1 Å². The summed E-state index contributed by atoms with van der Waals surface area (Å²) in [6.45, 7) is 6.34. The average Bonchev–Trinajstić information content (AvgIpc) is 3.25. The van der Waals surface area contributed by atoms with Crippen LogP contribution in [0.25, 0.3) is 22.7 Å². The maximum absolute atomic E-state index is 13.2. The molecule has 0 spiro atoms. The van der Waals surface area contributed by atoms with E-state index in [2.05, 4.69) is 41.0 Å². The number of nitrogens with zero attached hydrogens (tertiary/aromatic N) is 5. The Hall–Kier alpha value is -4.02. The maximum atomic E-state index is 13.2. The third-order valence-corrected chi connectivity index (χ3v) is 7.58. The van der Waals surface area contributed by atoms with Gasteiger partial charge in [-0.05, 0) is 66.5 Å². The highest BCUT2D eigenvalue weighted by Gasteiger charge is 2.31. The van der Waals surface area contributed by atoms with Gasteiger partial charge in [-0.1, -0.05) is 39.3 Å². The topological polar surface area (TPSA) is 106 Å². The molecule has 0 aliphatic heterocycles. The molecule has 3 aromatic heterocycles. The molecule has 0 saturated heterocycles. The molecule has 210 valence electrons.